The molecule has 0 unspecified atom stereocenters. The normalized spacial score (nSPS) is 10.4. The molecule has 2 aromatic carbocycles. The van der Waals surface area contributed by atoms with Crippen LogP contribution in [0, 0.1) is 0 Å². The number of para-hydroxylation sites is 1. The summed E-state index contributed by atoms with van der Waals surface area (Å²) in [7, 11) is 3.41. The molecule has 0 atom stereocenters. The summed E-state index contributed by atoms with van der Waals surface area (Å²) in [5.41, 5.74) is 2.45. The first kappa shape index (κ1) is 15.7. The summed E-state index contributed by atoms with van der Waals surface area (Å²) < 4.78 is 6.98. The number of nitrogens with zero attached hydrogens (tertiary/aromatic N) is 4. The van der Waals surface area contributed by atoms with Gasteiger partial charge in [-0.15, -0.1) is 0 Å². The fourth-order valence-electron chi connectivity index (χ4n) is 2.48. The Morgan fingerprint density at radius 3 is 2.58 bits per heavy atom. The Morgan fingerprint density at radius 1 is 1.17 bits per heavy atom. The lowest BCUT2D eigenvalue weighted by Crippen LogP contribution is -2.26. The molecule has 0 saturated carbocycles. The lowest BCUT2D eigenvalue weighted by atomic mass is 10.1. The molecular weight excluding hydrogens is 304 g/mol. The maximum atomic E-state index is 12.6. The van der Waals surface area contributed by atoms with Gasteiger partial charge in [-0.05, 0) is 30.3 Å². The number of carbonyl (C=O) groups is 1. The molecule has 0 N–H and O–H groups in total. The molecule has 0 spiro atoms. The van der Waals surface area contributed by atoms with Crippen LogP contribution in [0.15, 0.2) is 61.2 Å². The van der Waals surface area contributed by atoms with Crippen molar-refractivity contribution in [2.45, 2.75) is 6.54 Å². The van der Waals surface area contributed by atoms with Gasteiger partial charge in [-0.25, -0.2) is 9.67 Å². The topological polar surface area (TPSA) is 60.2 Å². The first-order valence-corrected chi connectivity index (χ1v) is 7.51. The van der Waals surface area contributed by atoms with Crippen LogP contribution in [0.25, 0.3) is 5.69 Å². The monoisotopic (exact) mass is 322 g/mol. The summed E-state index contributed by atoms with van der Waals surface area (Å²) >= 11 is 0. The molecule has 3 aromatic rings. The van der Waals surface area contributed by atoms with Crippen LogP contribution in [0.5, 0.6) is 5.75 Å². The van der Waals surface area contributed by atoms with Gasteiger partial charge in [0.25, 0.3) is 5.91 Å². The fraction of sp³-hybridized carbons (Fsp3) is 0.167. The fourth-order valence-corrected chi connectivity index (χ4v) is 2.48. The summed E-state index contributed by atoms with van der Waals surface area (Å²) in [6.07, 6.45) is 3.09. The Kier molecular flexibility index (Phi) is 4.56. The molecule has 1 amide bonds. The number of carbonyl (C=O) groups excluding carboxylic acids is 1. The Balaban J connectivity index is 1.73. The van der Waals surface area contributed by atoms with Gasteiger partial charge in [-0.2, -0.15) is 5.10 Å². The van der Waals surface area contributed by atoms with E-state index in [9.17, 15) is 4.79 Å². The minimum atomic E-state index is -0.0500. The highest BCUT2D eigenvalue weighted by Gasteiger charge is 2.14. The molecule has 3 rings (SSSR count). The summed E-state index contributed by atoms with van der Waals surface area (Å²) in [6, 6.07) is 15.0. The van der Waals surface area contributed by atoms with E-state index in [1.807, 2.05) is 36.4 Å². The molecular formula is C18H18N4O2. The molecule has 0 radical (unpaired) electrons. The summed E-state index contributed by atoms with van der Waals surface area (Å²) in [6.45, 7) is 0.480. The highest BCUT2D eigenvalue weighted by molar-refractivity contribution is 5.94. The summed E-state index contributed by atoms with van der Waals surface area (Å²) in [4.78, 5) is 18.2. The third kappa shape index (κ3) is 3.27. The van der Waals surface area contributed by atoms with Crippen LogP contribution in [0.3, 0.4) is 0 Å². The van der Waals surface area contributed by atoms with Crippen molar-refractivity contribution in [1.82, 2.24) is 19.7 Å². The molecule has 0 aliphatic heterocycles. The molecule has 6 nitrogen and oxygen atoms in total. The molecule has 122 valence electrons. The van der Waals surface area contributed by atoms with Crippen LogP contribution in [0.2, 0.25) is 0 Å². The van der Waals surface area contributed by atoms with Gasteiger partial charge >= 0.3 is 0 Å². The van der Waals surface area contributed by atoms with Gasteiger partial charge in [0.1, 0.15) is 18.4 Å². The van der Waals surface area contributed by atoms with E-state index in [1.54, 1.807) is 42.2 Å². The average Bonchev–Trinajstić information content (AvgIpc) is 3.16. The minimum Gasteiger partial charge on any atom is -0.496 e. The molecule has 0 aliphatic rings. The highest BCUT2D eigenvalue weighted by Crippen LogP contribution is 2.19. The smallest absolute Gasteiger partial charge is 0.253 e. The van der Waals surface area contributed by atoms with E-state index in [4.69, 9.17) is 4.74 Å². The van der Waals surface area contributed by atoms with Crippen LogP contribution < -0.4 is 4.74 Å². The van der Waals surface area contributed by atoms with E-state index in [1.165, 1.54) is 6.33 Å². The third-order valence-electron chi connectivity index (χ3n) is 3.74. The summed E-state index contributed by atoms with van der Waals surface area (Å²) in [5, 5.41) is 4.07. The van der Waals surface area contributed by atoms with E-state index in [0.29, 0.717) is 12.1 Å². The van der Waals surface area contributed by atoms with Crippen LogP contribution in [0.1, 0.15) is 15.9 Å². The van der Waals surface area contributed by atoms with Gasteiger partial charge in [0.2, 0.25) is 0 Å². The summed E-state index contributed by atoms with van der Waals surface area (Å²) in [5.74, 6) is 0.727. The van der Waals surface area contributed by atoms with E-state index < -0.39 is 0 Å². The Morgan fingerprint density at radius 2 is 1.92 bits per heavy atom. The van der Waals surface area contributed by atoms with Crippen molar-refractivity contribution in [3.8, 4) is 11.4 Å². The number of benzene rings is 2. The maximum Gasteiger partial charge on any atom is 0.253 e. The molecule has 6 heteroatoms. The predicted molar refractivity (Wildman–Crippen MR) is 90.2 cm³/mol. The maximum absolute atomic E-state index is 12.6. The van der Waals surface area contributed by atoms with Crippen molar-refractivity contribution in [2.24, 2.45) is 0 Å². The number of hydrogen-bond acceptors (Lipinski definition) is 4. The second-order valence-corrected chi connectivity index (χ2v) is 5.36. The van der Waals surface area contributed by atoms with Gasteiger partial charge in [0.15, 0.2) is 0 Å². The Labute approximate surface area is 140 Å². The first-order chi connectivity index (χ1) is 11.7. The van der Waals surface area contributed by atoms with E-state index in [-0.39, 0.29) is 5.91 Å². The zero-order valence-corrected chi connectivity index (χ0v) is 13.6. The van der Waals surface area contributed by atoms with Gasteiger partial charge in [0, 0.05) is 24.7 Å². The Bertz CT molecular complexity index is 813. The molecule has 0 saturated heterocycles. The second kappa shape index (κ2) is 6.95. The van der Waals surface area contributed by atoms with Crippen LogP contribution in [-0.4, -0.2) is 39.7 Å². The van der Waals surface area contributed by atoms with Crippen molar-refractivity contribution >= 4 is 5.91 Å². The quantitative estimate of drug-likeness (QED) is 0.724. The van der Waals surface area contributed by atoms with Crippen molar-refractivity contribution in [1.29, 1.82) is 0 Å². The van der Waals surface area contributed by atoms with E-state index in [0.717, 1.165) is 17.0 Å². The number of amides is 1. The molecule has 0 fully saturated rings. The lowest BCUT2D eigenvalue weighted by molar-refractivity contribution is 0.0784. The SMILES string of the molecule is COc1ccccc1CN(C)C(=O)c1ccc(-n2cncn2)cc1. The van der Waals surface area contributed by atoms with Crippen LogP contribution in [-0.2, 0) is 6.54 Å². The highest BCUT2D eigenvalue weighted by atomic mass is 16.5. The van der Waals surface area contributed by atoms with Crippen molar-refractivity contribution in [2.75, 3.05) is 14.2 Å². The number of rotatable bonds is 5. The molecule has 1 heterocycles. The van der Waals surface area contributed by atoms with Crippen molar-refractivity contribution in [3.63, 3.8) is 0 Å². The van der Waals surface area contributed by atoms with Crippen LogP contribution >= 0.6 is 0 Å². The molecule has 24 heavy (non-hydrogen) atoms. The molecule has 0 bridgehead atoms. The third-order valence-corrected chi connectivity index (χ3v) is 3.74. The van der Waals surface area contributed by atoms with Gasteiger partial charge < -0.3 is 9.64 Å². The Hall–Kier alpha value is -3.15. The van der Waals surface area contributed by atoms with E-state index >= 15 is 0 Å². The van der Waals surface area contributed by atoms with Gasteiger partial charge in [0.05, 0.1) is 12.8 Å². The second-order valence-electron chi connectivity index (χ2n) is 5.36. The van der Waals surface area contributed by atoms with Crippen molar-refractivity contribution < 1.29 is 9.53 Å². The zero-order chi connectivity index (χ0) is 16.9. The molecule has 1 aromatic heterocycles. The molecule has 0 aliphatic carbocycles. The van der Waals surface area contributed by atoms with Crippen molar-refractivity contribution in [3.05, 3.63) is 72.3 Å². The zero-order valence-electron chi connectivity index (χ0n) is 13.6. The average molecular weight is 322 g/mol. The number of hydrogen-bond donors (Lipinski definition) is 0. The standard InChI is InChI=1S/C18H18N4O2/c1-21(11-15-5-3-4-6-17(15)24-2)18(23)14-7-9-16(10-8-14)22-13-19-12-20-22/h3-10,12-13H,11H2,1-2H3. The number of aromatic nitrogens is 3. The number of ether oxygens (including phenoxy) is 1. The number of methoxy groups -OCH3 is 1. The lowest BCUT2D eigenvalue weighted by Gasteiger charge is -2.19. The van der Waals surface area contributed by atoms with Gasteiger partial charge in [-0.3, -0.25) is 4.79 Å². The first-order valence-electron chi connectivity index (χ1n) is 7.51. The van der Waals surface area contributed by atoms with Gasteiger partial charge in [-0.1, -0.05) is 18.2 Å². The predicted octanol–water partition coefficient (Wildman–Crippen LogP) is 2.55. The largest absolute Gasteiger partial charge is 0.496 e. The minimum absolute atomic E-state index is 0.0500. The van der Waals surface area contributed by atoms with Crippen LogP contribution in [0.4, 0.5) is 0 Å². The van der Waals surface area contributed by atoms with E-state index in [2.05, 4.69) is 10.1 Å².